The van der Waals surface area contributed by atoms with Gasteiger partial charge in [-0.1, -0.05) is 6.07 Å². The molecule has 2 aromatic rings. The van der Waals surface area contributed by atoms with Crippen LogP contribution in [0, 0.1) is 0 Å². The third-order valence-electron chi connectivity index (χ3n) is 2.29. The Morgan fingerprint density at radius 1 is 1.32 bits per heavy atom. The predicted molar refractivity (Wildman–Crippen MR) is 70.4 cm³/mol. The summed E-state index contributed by atoms with van der Waals surface area (Å²) in [5, 5.41) is 7.33. The minimum atomic E-state index is -3.76. The molecule has 1 N–H and O–H groups in total. The molecule has 0 spiro atoms. The Labute approximate surface area is 111 Å². The molecule has 9 heteroatoms. The van der Waals surface area contributed by atoms with Crippen molar-refractivity contribution in [1.29, 1.82) is 0 Å². The van der Waals surface area contributed by atoms with Gasteiger partial charge in [-0.15, -0.1) is 5.10 Å². The molecular weight excluding hydrogens is 268 g/mol. The number of nitrogens with zero attached hydrogens (tertiary/aromatic N) is 5. The summed E-state index contributed by atoms with van der Waals surface area (Å²) in [7, 11) is 1.43. The molecule has 0 aromatic carbocycles. The van der Waals surface area contributed by atoms with Crippen molar-refractivity contribution in [3.8, 4) is 0 Å². The molecule has 0 aliphatic rings. The summed E-state index contributed by atoms with van der Waals surface area (Å²) in [6, 6.07) is 5.07. The first-order chi connectivity index (χ1) is 8.88. The SMILES string of the molecule is CN(C)c1cccc(NS(=O)(=O)c2cnn(C)n2)n1. The van der Waals surface area contributed by atoms with Crippen LogP contribution in [-0.4, -0.2) is 42.5 Å². The summed E-state index contributed by atoms with van der Waals surface area (Å²) < 4.78 is 26.4. The van der Waals surface area contributed by atoms with Gasteiger partial charge in [0, 0.05) is 21.1 Å². The molecule has 2 aromatic heterocycles. The number of nitrogens with one attached hydrogen (secondary N) is 1. The van der Waals surface area contributed by atoms with Gasteiger partial charge in [-0.3, -0.25) is 4.72 Å². The first-order valence-electron chi connectivity index (χ1n) is 5.42. The van der Waals surface area contributed by atoms with E-state index in [1.807, 2.05) is 14.1 Å². The van der Waals surface area contributed by atoms with Gasteiger partial charge >= 0.3 is 0 Å². The van der Waals surface area contributed by atoms with Crippen LogP contribution in [0.1, 0.15) is 0 Å². The lowest BCUT2D eigenvalue weighted by Gasteiger charge is -2.12. The number of hydrogen-bond acceptors (Lipinski definition) is 6. The molecular formula is C10H14N6O2S. The first kappa shape index (κ1) is 13.3. The Morgan fingerprint density at radius 2 is 2.05 bits per heavy atom. The van der Waals surface area contributed by atoms with Crippen LogP contribution in [0.5, 0.6) is 0 Å². The largest absolute Gasteiger partial charge is 0.363 e. The van der Waals surface area contributed by atoms with Gasteiger partial charge < -0.3 is 4.90 Å². The average Bonchev–Trinajstić information content (AvgIpc) is 2.76. The third-order valence-corrected chi connectivity index (χ3v) is 3.50. The second kappa shape index (κ2) is 4.84. The zero-order chi connectivity index (χ0) is 14.0. The number of rotatable bonds is 4. The highest BCUT2D eigenvalue weighted by Crippen LogP contribution is 2.15. The van der Waals surface area contributed by atoms with Crippen molar-refractivity contribution in [3.63, 3.8) is 0 Å². The molecule has 0 aliphatic heterocycles. The Bertz CT molecular complexity index is 679. The van der Waals surface area contributed by atoms with E-state index in [0.717, 1.165) is 0 Å². The molecule has 0 atom stereocenters. The zero-order valence-electron chi connectivity index (χ0n) is 10.8. The summed E-state index contributed by atoms with van der Waals surface area (Å²) in [4.78, 5) is 7.13. The molecule has 2 heterocycles. The van der Waals surface area contributed by atoms with Crippen molar-refractivity contribution in [2.24, 2.45) is 7.05 Å². The quantitative estimate of drug-likeness (QED) is 0.853. The van der Waals surface area contributed by atoms with Crippen LogP contribution in [0.2, 0.25) is 0 Å². The van der Waals surface area contributed by atoms with Crippen LogP contribution >= 0.6 is 0 Å². The molecule has 2 rings (SSSR count). The van der Waals surface area contributed by atoms with E-state index in [-0.39, 0.29) is 10.8 Å². The minimum Gasteiger partial charge on any atom is -0.363 e. The normalized spacial score (nSPS) is 11.3. The maximum atomic E-state index is 12.0. The molecule has 0 radical (unpaired) electrons. The minimum absolute atomic E-state index is 0.146. The monoisotopic (exact) mass is 282 g/mol. The van der Waals surface area contributed by atoms with E-state index < -0.39 is 10.0 Å². The van der Waals surface area contributed by atoms with E-state index in [4.69, 9.17) is 0 Å². The number of sulfonamides is 1. The zero-order valence-corrected chi connectivity index (χ0v) is 11.6. The van der Waals surface area contributed by atoms with Crippen molar-refractivity contribution >= 4 is 21.7 Å². The van der Waals surface area contributed by atoms with Crippen LogP contribution in [0.25, 0.3) is 0 Å². The van der Waals surface area contributed by atoms with Gasteiger partial charge in [-0.05, 0) is 12.1 Å². The number of pyridine rings is 1. The van der Waals surface area contributed by atoms with Crippen molar-refractivity contribution in [3.05, 3.63) is 24.4 Å². The van der Waals surface area contributed by atoms with Crippen molar-refractivity contribution in [2.45, 2.75) is 5.03 Å². The molecule has 0 fully saturated rings. The maximum absolute atomic E-state index is 12.0. The summed E-state index contributed by atoms with van der Waals surface area (Å²) in [5.74, 6) is 0.885. The number of aromatic nitrogens is 4. The highest BCUT2D eigenvalue weighted by molar-refractivity contribution is 7.92. The summed E-state index contributed by atoms with van der Waals surface area (Å²) in [6.45, 7) is 0. The molecule has 0 bridgehead atoms. The Balaban J connectivity index is 2.28. The molecule has 0 aliphatic carbocycles. The first-order valence-corrected chi connectivity index (χ1v) is 6.90. The van der Waals surface area contributed by atoms with Crippen LogP contribution < -0.4 is 9.62 Å². The number of anilines is 2. The van der Waals surface area contributed by atoms with Gasteiger partial charge in [0.15, 0.2) is 0 Å². The van der Waals surface area contributed by atoms with Gasteiger partial charge in [0.1, 0.15) is 11.6 Å². The number of aryl methyl sites for hydroxylation is 1. The van der Waals surface area contributed by atoms with Crippen molar-refractivity contribution in [1.82, 2.24) is 20.0 Å². The highest BCUT2D eigenvalue weighted by atomic mass is 32.2. The van der Waals surface area contributed by atoms with Crippen LogP contribution in [0.15, 0.2) is 29.4 Å². The van der Waals surface area contributed by atoms with Gasteiger partial charge in [0.25, 0.3) is 10.0 Å². The second-order valence-electron chi connectivity index (χ2n) is 4.05. The molecule has 0 saturated carbocycles. The third kappa shape index (κ3) is 2.99. The van der Waals surface area contributed by atoms with E-state index in [2.05, 4.69) is 19.9 Å². The van der Waals surface area contributed by atoms with Gasteiger partial charge in [-0.2, -0.15) is 18.3 Å². The van der Waals surface area contributed by atoms with E-state index in [1.54, 1.807) is 30.1 Å². The lowest BCUT2D eigenvalue weighted by Crippen LogP contribution is -2.16. The van der Waals surface area contributed by atoms with E-state index >= 15 is 0 Å². The lowest BCUT2D eigenvalue weighted by molar-refractivity contribution is 0.588. The van der Waals surface area contributed by atoms with E-state index in [0.29, 0.717) is 5.82 Å². The maximum Gasteiger partial charge on any atom is 0.284 e. The van der Waals surface area contributed by atoms with E-state index in [1.165, 1.54) is 11.0 Å². The van der Waals surface area contributed by atoms with Gasteiger partial charge in [0.05, 0.1) is 6.20 Å². The predicted octanol–water partition coefficient (Wildman–Crippen LogP) is 0.0769. The molecule has 102 valence electrons. The van der Waals surface area contributed by atoms with Crippen molar-refractivity contribution in [2.75, 3.05) is 23.7 Å². The molecule has 0 unspecified atom stereocenters. The second-order valence-corrected chi connectivity index (χ2v) is 5.68. The Morgan fingerprint density at radius 3 is 2.63 bits per heavy atom. The topological polar surface area (TPSA) is 93.0 Å². The Hall–Kier alpha value is -2.16. The van der Waals surface area contributed by atoms with Crippen LogP contribution in [0.4, 0.5) is 11.6 Å². The summed E-state index contributed by atoms with van der Waals surface area (Å²) in [6.07, 6.45) is 1.18. The highest BCUT2D eigenvalue weighted by Gasteiger charge is 2.18. The van der Waals surface area contributed by atoms with E-state index in [9.17, 15) is 8.42 Å². The number of hydrogen-bond donors (Lipinski definition) is 1. The molecule has 0 amide bonds. The molecule has 19 heavy (non-hydrogen) atoms. The average molecular weight is 282 g/mol. The summed E-state index contributed by atoms with van der Waals surface area (Å²) in [5.41, 5.74) is 0. The molecule has 0 saturated heterocycles. The van der Waals surface area contributed by atoms with Crippen molar-refractivity contribution < 1.29 is 8.42 Å². The Kier molecular flexibility index (Phi) is 3.38. The van der Waals surface area contributed by atoms with Gasteiger partial charge in [-0.25, -0.2) is 4.98 Å². The lowest BCUT2D eigenvalue weighted by atomic mass is 10.4. The summed E-state index contributed by atoms with van der Waals surface area (Å²) >= 11 is 0. The standard InChI is InChI=1S/C10H14N6O2S/c1-15(2)9-6-4-5-8(12-9)14-19(17,18)10-7-11-16(3)13-10/h4-7H,1-3H3,(H,12,14). The molecule has 8 nitrogen and oxygen atoms in total. The fraction of sp³-hybridized carbons (Fsp3) is 0.300. The van der Waals surface area contributed by atoms with Crippen LogP contribution in [-0.2, 0) is 17.1 Å². The fourth-order valence-electron chi connectivity index (χ4n) is 1.37. The fourth-order valence-corrected chi connectivity index (χ4v) is 2.27. The smallest absolute Gasteiger partial charge is 0.284 e. The van der Waals surface area contributed by atoms with Crippen LogP contribution in [0.3, 0.4) is 0 Å². The van der Waals surface area contributed by atoms with Gasteiger partial charge in [0.2, 0.25) is 5.03 Å².